The van der Waals surface area contributed by atoms with E-state index in [0.29, 0.717) is 18.8 Å². The van der Waals surface area contributed by atoms with Gasteiger partial charge in [0.05, 0.1) is 12.0 Å². The standard InChI is InChI=1S/C15H26N2O3S/c1-4-5-6-7-10-17-21(18,19)14-8-9-15(20-3)13(11-14)12-16-2/h8-9,11,16-17H,4-7,10,12H2,1-3H3. The zero-order chi connectivity index (χ0) is 15.7. The summed E-state index contributed by atoms with van der Waals surface area (Å²) in [5.41, 5.74) is 0.828. The molecule has 0 bridgehead atoms. The van der Waals surface area contributed by atoms with Gasteiger partial charge < -0.3 is 10.1 Å². The van der Waals surface area contributed by atoms with E-state index >= 15 is 0 Å². The highest BCUT2D eigenvalue weighted by molar-refractivity contribution is 7.89. The quantitative estimate of drug-likeness (QED) is 0.650. The fraction of sp³-hybridized carbons (Fsp3) is 0.600. The van der Waals surface area contributed by atoms with Crippen molar-refractivity contribution < 1.29 is 13.2 Å². The zero-order valence-corrected chi connectivity index (χ0v) is 13.9. The van der Waals surface area contributed by atoms with Gasteiger partial charge in [0, 0.05) is 18.7 Å². The predicted octanol–water partition coefficient (Wildman–Crippen LogP) is 2.27. The molecule has 0 heterocycles. The lowest BCUT2D eigenvalue weighted by molar-refractivity contribution is 0.408. The summed E-state index contributed by atoms with van der Waals surface area (Å²) >= 11 is 0. The van der Waals surface area contributed by atoms with Gasteiger partial charge in [0.2, 0.25) is 10.0 Å². The molecule has 0 saturated heterocycles. The first-order valence-electron chi connectivity index (χ1n) is 7.36. The van der Waals surface area contributed by atoms with Crippen LogP contribution in [-0.2, 0) is 16.6 Å². The molecule has 0 unspecified atom stereocenters. The summed E-state index contributed by atoms with van der Waals surface area (Å²) in [5, 5.41) is 3.01. The van der Waals surface area contributed by atoms with E-state index in [1.54, 1.807) is 25.3 Å². The largest absolute Gasteiger partial charge is 0.496 e. The van der Waals surface area contributed by atoms with Crippen LogP contribution in [0.5, 0.6) is 5.75 Å². The van der Waals surface area contributed by atoms with Crippen LogP contribution in [0.1, 0.15) is 38.2 Å². The first kappa shape index (κ1) is 17.9. The Morgan fingerprint density at radius 3 is 2.57 bits per heavy atom. The van der Waals surface area contributed by atoms with Crippen molar-refractivity contribution in [2.45, 2.75) is 44.0 Å². The van der Waals surface area contributed by atoms with Gasteiger partial charge in [-0.2, -0.15) is 0 Å². The minimum absolute atomic E-state index is 0.282. The molecule has 0 aromatic heterocycles. The molecule has 21 heavy (non-hydrogen) atoms. The molecule has 0 radical (unpaired) electrons. The number of rotatable bonds is 10. The van der Waals surface area contributed by atoms with E-state index in [-0.39, 0.29) is 4.90 Å². The summed E-state index contributed by atoms with van der Waals surface area (Å²) in [6.07, 6.45) is 4.19. The van der Waals surface area contributed by atoms with Crippen molar-refractivity contribution in [2.75, 3.05) is 20.7 Å². The maximum Gasteiger partial charge on any atom is 0.240 e. The number of hydrogen-bond acceptors (Lipinski definition) is 4. The van der Waals surface area contributed by atoms with Crippen LogP contribution in [0.2, 0.25) is 0 Å². The average Bonchev–Trinajstić information content (AvgIpc) is 2.47. The third-order valence-electron chi connectivity index (χ3n) is 3.25. The van der Waals surface area contributed by atoms with Gasteiger partial charge in [0.15, 0.2) is 0 Å². The molecule has 1 aromatic carbocycles. The Morgan fingerprint density at radius 1 is 1.19 bits per heavy atom. The van der Waals surface area contributed by atoms with Gasteiger partial charge in [0.25, 0.3) is 0 Å². The number of ether oxygens (including phenoxy) is 1. The molecule has 0 aliphatic rings. The van der Waals surface area contributed by atoms with E-state index in [0.717, 1.165) is 31.2 Å². The summed E-state index contributed by atoms with van der Waals surface area (Å²) in [4.78, 5) is 0.282. The van der Waals surface area contributed by atoms with Crippen molar-refractivity contribution in [3.8, 4) is 5.75 Å². The third kappa shape index (κ3) is 5.65. The van der Waals surface area contributed by atoms with Crippen LogP contribution in [-0.4, -0.2) is 29.1 Å². The molecule has 0 aliphatic heterocycles. The minimum Gasteiger partial charge on any atom is -0.496 e. The van der Waals surface area contributed by atoms with Gasteiger partial charge in [-0.3, -0.25) is 0 Å². The van der Waals surface area contributed by atoms with Gasteiger partial charge in [-0.25, -0.2) is 13.1 Å². The molecule has 0 spiro atoms. The molecule has 6 heteroatoms. The Hall–Kier alpha value is -1.11. The predicted molar refractivity (Wildman–Crippen MR) is 85.1 cm³/mol. The summed E-state index contributed by atoms with van der Waals surface area (Å²) < 4.78 is 32.4. The molecular weight excluding hydrogens is 288 g/mol. The monoisotopic (exact) mass is 314 g/mol. The molecule has 0 amide bonds. The fourth-order valence-electron chi connectivity index (χ4n) is 2.09. The Labute approximate surface area is 128 Å². The van der Waals surface area contributed by atoms with Gasteiger partial charge in [0.1, 0.15) is 5.75 Å². The molecule has 0 saturated carbocycles. The van der Waals surface area contributed by atoms with Crippen LogP contribution in [0.25, 0.3) is 0 Å². The molecule has 0 atom stereocenters. The van der Waals surface area contributed by atoms with Gasteiger partial charge >= 0.3 is 0 Å². The second-order valence-electron chi connectivity index (χ2n) is 4.96. The van der Waals surface area contributed by atoms with Gasteiger partial charge in [-0.05, 0) is 31.7 Å². The Balaban J connectivity index is 2.76. The van der Waals surface area contributed by atoms with Crippen molar-refractivity contribution in [1.82, 2.24) is 10.0 Å². The highest BCUT2D eigenvalue weighted by Crippen LogP contribution is 2.22. The summed E-state index contributed by atoms with van der Waals surface area (Å²) in [6.45, 7) is 3.17. The van der Waals surface area contributed by atoms with E-state index < -0.39 is 10.0 Å². The lowest BCUT2D eigenvalue weighted by Gasteiger charge is -2.11. The average molecular weight is 314 g/mol. The van der Waals surface area contributed by atoms with Crippen LogP contribution in [0.3, 0.4) is 0 Å². The lowest BCUT2D eigenvalue weighted by atomic mass is 10.2. The van der Waals surface area contributed by atoms with E-state index in [4.69, 9.17) is 4.74 Å². The highest BCUT2D eigenvalue weighted by Gasteiger charge is 2.15. The first-order valence-corrected chi connectivity index (χ1v) is 8.84. The topological polar surface area (TPSA) is 67.4 Å². The SMILES string of the molecule is CCCCCCNS(=O)(=O)c1ccc(OC)c(CNC)c1. The van der Waals surface area contributed by atoms with Crippen LogP contribution in [0, 0.1) is 0 Å². The first-order chi connectivity index (χ1) is 10.0. The second-order valence-corrected chi connectivity index (χ2v) is 6.73. The van der Waals surface area contributed by atoms with Crippen LogP contribution < -0.4 is 14.8 Å². The number of sulfonamides is 1. The molecule has 1 aromatic rings. The zero-order valence-electron chi connectivity index (χ0n) is 13.1. The number of hydrogen-bond donors (Lipinski definition) is 2. The van der Waals surface area contributed by atoms with Crippen molar-refractivity contribution >= 4 is 10.0 Å². The maximum absolute atomic E-state index is 12.2. The molecule has 1 rings (SSSR count). The van der Waals surface area contributed by atoms with Crippen LogP contribution in [0.15, 0.2) is 23.1 Å². The number of methoxy groups -OCH3 is 1. The van der Waals surface area contributed by atoms with Gasteiger partial charge in [-0.1, -0.05) is 26.2 Å². The molecule has 120 valence electrons. The van der Waals surface area contributed by atoms with E-state index in [1.165, 1.54) is 0 Å². The molecule has 5 nitrogen and oxygen atoms in total. The minimum atomic E-state index is -3.45. The van der Waals surface area contributed by atoms with Crippen LogP contribution >= 0.6 is 0 Å². The van der Waals surface area contributed by atoms with Crippen LogP contribution in [0.4, 0.5) is 0 Å². The van der Waals surface area contributed by atoms with Crippen molar-refractivity contribution in [3.63, 3.8) is 0 Å². The lowest BCUT2D eigenvalue weighted by Crippen LogP contribution is -2.25. The Morgan fingerprint density at radius 2 is 1.95 bits per heavy atom. The molecular formula is C15H26N2O3S. The summed E-state index contributed by atoms with van der Waals surface area (Å²) in [7, 11) is -0.0565. The highest BCUT2D eigenvalue weighted by atomic mass is 32.2. The van der Waals surface area contributed by atoms with Crippen molar-refractivity contribution in [3.05, 3.63) is 23.8 Å². The Kier molecular flexibility index (Phi) is 7.71. The van der Waals surface area contributed by atoms with Gasteiger partial charge in [-0.15, -0.1) is 0 Å². The number of nitrogens with one attached hydrogen (secondary N) is 2. The smallest absolute Gasteiger partial charge is 0.240 e. The number of unbranched alkanes of at least 4 members (excludes halogenated alkanes) is 3. The van der Waals surface area contributed by atoms with E-state index in [1.807, 2.05) is 7.05 Å². The molecule has 2 N–H and O–H groups in total. The molecule has 0 fully saturated rings. The second kappa shape index (κ2) is 9.02. The van der Waals surface area contributed by atoms with E-state index in [2.05, 4.69) is 17.0 Å². The Bertz CT molecular complexity index is 530. The fourth-order valence-corrected chi connectivity index (χ4v) is 3.22. The summed E-state index contributed by atoms with van der Waals surface area (Å²) in [5.74, 6) is 0.686. The number of benzene rings is 1. The maximum atomic E-state index is 12.2. The van der Waals surface area contributed by atoms with Crippen molar-refractivity contribution in [1.29, 1.82) is 0 Å². The molecule has 0 aliphatic carbocycles. The van der Waals surface area contributed by atoms with E-state index in [9.17, 15) is 8.42 Å². The third-order valence-corrected chi connectivity index (χ3v) is 4.71. The van der Waals surface area contributed by atoms with Crippen molar-refractivity contribution in [2.24, 2.45) is 0 Å². The summed E-state index contributed by atoms with van der Waals surface area (Å²) in [6, 6.07) is 4.92. The normalized spacial score (nSPS) is 11.6.